The van der Waals surface area contributed by atoms with Crippen LogP contribution in [0.25, 0.3) is 0 Å². The van der Waals surface area contributed by atoms with Gasteiger partial charge in [0.1, 0.15) is 0 Å². The van der Waals surface area contributed by atoms with Crippen LogP contribution in [0, 0.1) is 0 Å². The molecular formula is C10H11BrCl2N2O. The van der Waals surface area contributed by atoms with Crippen LogP contribution >= 0.6 is 39.1 Å². The van der Waals surface area contributed by atoms with Crippen molar-refractivity contribution in [3.8, 4) is 0 Å². The lowest BCUT2D eigenvalue weighted by atomic mass is 10.1. The lowest BCUT2D eigenvalue weighted by Crippen LogP contribution is -2.45. The third-order valence-corrected chi connectivity index (χ3v) is 2.88. The Morgan fingerprint density at radius 2 is 1.81 bits per heavy atom. The molecule has 88 valence electrons. The number of amides is 1. The minimum atomic E-state index is -0.986. The molecule has 3 nitrogen and oxygen atoms in total. The average molecular weight is 326 g/mol. The molecule has 0 bridgehead atoms. The third-order valence-electron chi connectivity index (χ3n) is 1.83. The van der Waals surface area contributed by atoms with E-state index < -0.39 is 5.54 Å². The number of benzene rings is 1. The van der Waals surface area contributed by atoms with Gasteiger partial charge in [-0.3, -0.25) is 4.79 Å². The topological polar surface area (TPSA) is 55.1 Å². The lowest BCUT2D eigenvalue weighted by Gasteiger charge is -2.19. The summed E-state index contributed by atoms with van der Waals surface area (Å²) < 4.78 is 0.743. The first kappa shape index (κ1) is 13.8. The van der Waals surface area contributed by atoms with Crippen molar-refractivity contribution in [2.45, 2.75) is 19.4 Å². The molecule has 0 radical (unpaired) electrons. The zero-order chi connectivity index (χ0) is 12.5. The van der Waals surface area contributed by atoms with Crippen molar-refractivity contribution in [1.29, 1.82) is 0 Å². The molecule has 0 unspecified atom stereocenters. The van der Waals surface area contributed by atoms with E-state index in [1.807, 2.05) is 0 Å². The summed E-state index contributed by atoms with van der Waals surface area (Å²) in [7, 11) is 0. The summed E-state index contributed by atoms with van der Waals surface area (Å²) in [5, 5.41) is 3.31. The molecule has 3 N–H and O–H groups in total. The van der Waals surface area contributed by atoms with Crippen molar-refractivity contribution >= 4 is 50.7 Å². The number of hydrogen-bond donors (Lipinski definition) is 2. The minimum Gasteiger partial charge on any atom is -0.322 e. The maximum absolute atomic E-state index is 11.7. The largest absolute Gasteiger partial charge is 0.322 e. The van der Waals surface area contributed by atoms with Crippen LogP contribution < -0.4 is 11.1 Å². The van der Waals surface area contributed by atoms with E-state index in [-0.39, 0.29) is 5.91 Å². The van der Waals surface area contributed by atoms with E-state index in [0.29, 0.717) is 15.7 Å². The lowest BCUT2D eigenvalue weighted by molar-refractivity contribution is -0.120. The molecule has 16 heavy (non-hydrogen) atoms. The van der Waals surface area contributed by atoms with Crippen LogP contribution in [-0.4, -0.2) is 11.4 Å². The second-order valence-electron chi connectivity index (χ2n) is 3.92. The van der Waals surface area contributed by atoms with Gasteiger partial charge >= 0.3 is 0 Å². The normalized spacial score (nSPS) is 11.4. The first-order chi connectivity index (χ1) is 7.21. The summed E-state index contributed by atoms with van der Waals surface area (Å²) >= 11 is 15.2. The maximum atomic E-state index is 11.7. The fourth-order valence-corrected chi connectivity index (χ4v) is 2.24. The van der Waals surface area contributed by atoms with Gasteiger partial charge < -0.3 is 11.1 Å². The molecule has 0 fully saturated rings. The predicted molar refractivity (Wildman–Crippen MR) is 71.1 cm³/mol. The van der Waals surface area contributed by atoms with Crippen LogP contribution in [0.3, 0.4) is 0 Å². The Kier molecular flexibility index (Phi) is 4.23. The third kappa shape index (κ3) is 3.35. The number of nitrogens with one attached hydrogen (secondary N) is 1. The van der Waals surface area contributed by atoms with Crippen molar-refractivity contribution in [2.75, 3.05) is 5.32 Å². The van der Waals surface area contributed by atoms with E-state index >= 15 is 0 Å². The van der Waals surface area contributed by atoms with Crippen LogP contribution in [0.4, 0.5) is 5.69 Å². The zero-order valence-electron chi connectivity index (χ0n) is 8.77. The van der Waals surface area contributed by atoms with E-state index in [9.17, 15) is 4.79 Å². The van der Waals surface area contributed by atoms with Gasteiger partial charge in [-0.25, -0.2) is 0 Å². The molecule has 0 aliphatic carbocycles. The van der Waals surface area contributed by atoms with Gasteiger partial charge in [0.15, 0.2) is 0 Å². The second kappa shape index (κ2) is 4.92. The fourth-order valence-electron chi connectivity index (χ4n) is 0.936. The van der Waals surface area contributed by atoms with Gasteiger partial charge in [-0.05, 0) is 26.0 Å². The van der Waals surface area contributed by atoms with E-state index in [1.54, 1.807) is 26.0 Å². The highest BCUT2D eigenvalue weighted by molar-refractivity contribution is 9.10. The SMILES string of the molecule is CC(C)(N)C(=O)Nc1c(Cl)cc(Br)cc1Cl. The quantitative estimate of drug-likeness (QED) is 0.875. The molecule has 0 heterocycles. The predicted octanol–water partition coefficient (Wildman–Crippen LogP) is 3.43. The Bertz CT molecular complexity index is 406. The Morgan fingerprint density at radius 3 is 2.19 bits per heavy atom. The van der Waals surface area contributed by atoms with Crippen molar-refractivity contribution in [3.05, 3.63) is 26.7 Å². The smallest absolute Gasteiger partial charge is 0.243 e. The van der Waals surface area contributed by atoms with Gasteiger partial charge in [0.25, 0.3) is 0 Å². The minimum absolute atomic E-state index is 0.348. The van der Waals surface area contributed by atoms with Crippen molar-refractivity contribution in [3.63, 3.8) is 0 Å². The van der Waals surface area contributed by atoms with Crippen LogP contribution in [0.15, 0.2) is 16.6 Å². The average Bonchev–Trinajstić information content (AvgIpc) is 2.08. The highest BCUT2D eigenvalue weighted by atomic mass is 79.9. The van der Waals surface area contributed by atoms with Crippen LogP contribution in [-0.2, 0) is 4.79 Å². The summed E-state index contributed by atoms with van der Waals surface area (Å²) in [5.41, 5.74) is 5.03. The number of rotatable bonds is 2. The summed E-state index contributed by atoms with van der Waals surface area (Å²) in [4.78, 5) is 11.7. The van der Waals surface area contributed by atoms with Crippen molar-refractivity contribution in [1.82, 2.24) is 0 Å². The molecule has 0 aromatic heterocycles. The van der Waals surface area contributed by atoms with Crippen LogP contribution in [0.1, 0.15) is 13.8 Å². The number of carbonyl (C=O) groups is 1. The molecule has 0 saturated carbocycles. The maximum Gasteiger partial charge on any atom is 0.243 e. The van der Waals surface area contributed by atoms with Crippen molar-refractivity contribution in [2.24, 2.45) is 5.73 Å². The second-order valence-corrected chi connectivity index (χ2v) is 5.65. The van der Waals surface area contributed by atoms with Gasteiger partial charge in [-0.2, -0.15) is 0 Å². The number of carbonyl (C=O) groups excluding carboxylic acids is 1. The molecular weight excluding hydrogens is 315 g/mol. The number of hydrogen-bond acceptors (Lipinski definition) is 2. The summed E-state index contributed by atoms with van der Waals surface area (Å²) in [5.74, 6) is -0.348. The summed E-state index contributed by atoms with van der Waals surface area (Å²) in [6, 6.07) is 3.29. The van der Waals surface area contributed by atoms with Crippen molar-refractivity contribution < 1.29 is 4.79 Å². The molecule has 0 aliphatic heterocycles. The van der Waals surface area contributed by atoms with E-state index in [0.717, 1.165) is 4.47 Å². The first-order valence-electron chi connectivity index (χ1n) is 4.46. The van der Waals surface area contributed by atoms with Gasteiger partial charge in [0, 0.05) is 4.47 Å². The first-order valence-corrected chi connectivity index (χ1v) is 6.01. The van der Waals surface area contributed by atoms with Gasteiger partial charge in [-0.15, -0.1) is 0 Å². The molecule has 6 heteroatoms. The van der Waals surface area contributed by atoms with Crippen LogP contribution in [0.2, 0.25) is 10.0 Å². The van der Waals surface area contributed by atoms with E-state index in [2.05, 4.69) is 21.2 Å². The highest BCUT2D eigenvalue weighted by Crippen LogP contribution is 2.34. The molecule has 1 rings (SSSR count). The van der Waals surface area contributed by atoms with E-state index in [1.165, 1.54) is 0 Å². The molecule has 1 amide bonds. The van der Waals surface area contributed by atoms with Gasteiger partial charge in [-0.1, -0.05) is 39.1 Å². The van der Waals surface area contributed by atoms with E-state index in [4.69, 9.17) is 28.9 Å². The Balaban J connectivity index is 3.03. The number of nitrogens with two attached hydrogens (primary N) is 1. The number of anilines is 1. The summed E-state index contributed by atoms with van der Waals surface area (Å²) in [6.45, 7) is 3.20. The fraction of sp³-hybridized carbons (Fsp3) is 0.300. The molecule has 0 atom stereocenters. The molecule has 0 aliphatic rings. The van der Waals surface area contributed by atoms with Crippen LogP contribution in [0.5, 0.6) is 0 Å². The standard InChI is InChI=1S/C10H11BrCl2N2O/c1-10(2,14)9(16)15-8-6(12)3-5(11)4-7(8)13/h3-4H,14H2,1-2H3,(H,15,16). The monoisotopic (exact) mass is 324 g/mol. The van der Waals surface area contributed by atoms with Gasteiger partial charge in [0.05, 0.1) is 21.3 Å². The Labute approximate surface area is 112 Å². The molecule has 1 aromatic rings. The summed E-state index contributed by atoms with van der Waals surface area (Å²) in [6.07, 6.45) is 0. The zero-order valence-corrected chi connectivity index (χ0v) is 11.9. The highest BCUT2D eigenvalue weighted by Gasteiger charge is 2.23. The van der Waals surface area contributed by atoms with Gasteiger partial charge in [0.2, 0.25) is 5.91 Å². The number of halogens is 3. The Morgan fingerprint density at radius 1 is 1.38 bits per heavy atom. The molecule has 1 aromatic carbocycles. The molecule has 0 saturated heterocycles. The Hall–Kier alpha value is -0.290. The molecule has 0 spiro atoms.